The van der Waals surface area contributed by atoms with Gasteiger partial charge in [0.2, 0.25) is 0 Å². The molecule has 1 unspecified atom stereocenters. The van der Waals surface area contributed by atoms with Crippen LogP contribution in [0.3, 0.4) is 0 Å². The molecule has 6 heteroatoms. The summed E-state index contributed by atoms with van der Waals surface area (Å²) in [5.41, 5.74) is 0.179. The molecule has 18 heavy (non-hydrogen) atoms. The molecular weight excluding hydrogens is 236 g/mol. The zero-order valence-corrected chi connectivity index (χ0v) is 9.55. The van der Waals surface area contributed by atoms with E-state index in [-0.39, 0.29) is 23.2 Å². The fraction of sp³-hybridized carbons (Fsp3) is 0.333. The van der Waals surface area contributed by atoms with Crippen molar-refractivity contribution in [1.82, 2.24) is 9.97 Å². The average Bonchev–Trinajstić information content (AvgIpc) is 2.84. The van der Waals surface area contributed by atoms with Crippen LogP contribution in [0.2, 0.25) is 0 Å². The lowest BCUT2D eigenvalue weighted by Crippen LogP contribution is -2.16. The molecule has 2 heterocycles. The van der Waals surface area contributed by atoms with Gasteiger partial charge in [-0.1, -0.05) is 0 Å². The normalized spacial score (nSPS) is 19.2. The SMILES string of the molecule is O=c1[nH]cnc2cc(O)c(OC3CCOC3)cc12. The van der Waals surface area contributed by atoms with Gasteiger partial charge in [0, 0.05) is 12.5 Å². The van der Waals surface area contributed by atoms with E-state index in [1.165, 1.54) is 18.5 Å². The van der Waals surface area contributed by atoms with Crippen molar-refractivity contribution in [3.8, 4) is 11.5 Å². The average molecular weight is 248 g/mol. The Labute approximate surface area is 102 Å². The molecular formula is C12H12N2O4. The lowest BCUT2D eigenvalue weighted by molar-refractivity contribution is 0.139. The van der Waals surface area contributed by atoms with Gasteiger partial charge in [-0.25, -0.2) is 4.98 Å². The second kappa shape index (κ2) is 4.30. The number of ether oxygens (including phenoxy) is 2. The van der Waals surface area contributed by atoms with Gasteiger partial charge in [-0.3, -0.25) is 4.79 Å². The molecule has 0 radical (unpaired) electrons. The van der Waals surface area contributed by atoms with Crippen molar-refractivity contribution in [3.05, 3.63) is 28.8 Å². The van der Waals surface area contributed by atoms with Crippen molar-refractivity contribution in [2.75, 3.05) is 13.2 Å². The number of nitrogens with one attached hydrogen (secondary N) is 1. The Kier molecular flexibility index (Phi) is 2.64. The number of hydrogen-bond donors (Lipinski definition) is 2. The number of nitrogens with zero attached hydrogens (tertiary/aromatic N) is 1. The van der Waals surface area contributed by atoms with E-state index in [0.29, 0.717) is 24.1 Å². The van der Waals surface area contributed by atoms with Crippen molar-refractivity contribution in [1.29, 1.82) is 0 Å². The first-order valence-corrected chi connectivity index (χ1v) is 5.69. The molecule has 0 amide bonds. The summed E-state index contributed by atoms with van der Waals surface area (Å²) in [6, 6.07) is 2.94. The number of phenols is 1. The van der Waals surface area contributed by atoms with Gasteiger partial charge < -0.3 is 19.6 Å². The number of rotatable bonds is 2. The Morgan fingerprint density at radius 3 is 3.17 bits per heavy atom. The first-order chi connectivity index (χ1) is 8.74. The van der Waals surface area contributed by atoms with Crippen molar-refractivity contribution in [2.24, 2.45) is 0 Å². The first kappa shape index (κ1) is 11.0. The van der Waals surface area contributed by atoms with Crippen LogP contribution in [0, 0.1) is 0 Å². The molecule has 0 bridgehead atoms. The van der Waals surface area contributed by atoms with Crippen molar-refractivity contribution in [2.45, 2.75) is 12.5 Å². The third-order valence-corrected chi connectivity index (χ3v) is 2.90. The molecule has 0 saturated carbocycles. The van der Waals surface area contributed by atoms with E-state index in [0.717, 1.165) is 6.42 Å². The number of H-pyrrole nitrogens is 1. The van der Waals surface area contributed by atoms with Gasteiger partial charge in [-0.05, 0) is 6.07 Å². The maximum atomic E-state index is 11.6. The summed E-state index contributed by atoms with van der Waals surface area (Å²) in [6.07, 6.45) is 2.00. The molecule has 1 aromatic carbocycles. The third kappa shape index (κ3) is 1.91. The molecule has 2 N–H and O–H groups in total. The van der Waals surface area contributed by atoms with E-state index >= 15 is 0 Å². The molecule has 2 aromatic rings. The summed E-state index contributed by atoms with van der Waals surface area (Å²) in [6.45, 7) is 1.15. The lowest BCUT2D eigenvalue weighted by atomic mass is 10.2. The van der Waals surface area contributed by atoms with Gasteiger partial charge >= 0.3 is 0 Å². The molecule has 0 spiro atoms. The van der Waals surface area contributed by atoms with Crippen molar-refractivity contribution in [3.63, 3.8) is 0 Å². The predicted octanol–water partition coefficient (Wildman–Crippen LogP) is 0.796. The van der Waals surface area contributed by atoms with Gasteiger partial charge in [0.1, 0.15) is 6.10 Å². The van der Waals surface area contributed by atoms with Crippen LogP contribution in [0.25, 0.3) is 10.9 Å². The Morgan fingerprint density at radius 1 is 1.50 bits per heavy atom. The standard InChI is InChI=1S/C12H12N2O4/c15-10-4-9-8(12(16)14-6-13-9)3-11(10)18-7-1-2-17-5-7/h3-4,6-7,15H,1-2,5H2,(H,13,14,16). The number of aromatic nitrogens is 2. The van der Waals surface area contributed by atoms with Crippen LogP contribution in [-0.2, 0) is 4.74 Å². The number of phenolic OH excluding ortho intramolecular Hbond substituents is 1. The van der Waals surface area contributed by atoms with Crippen LogP contribution >= 0.6 is 0 Å². The first-order valence-electron chi connectivity index (χ1n) is 5.69. The fourth-order valence-electron chi connectivity index (χ4n) is 1.96. The molecule has 1 atom stereocenters. The summed E-state index contributed by atoms with van der Waals surface area (Å²) in [5, 5.41) is 10.2. The van der Waals surface area contributed by atoms with E-state index in [1.54, 1.807) is 0 Å². The lowest BCUT2D eigenvalue weighted by Gasteiger charge is -2.13. The van der Waals surface area contributed by atoms with E-state index in [1.807, 2.05) is 0 Å². The number of hydrogen-bond acceptors (Lipinski definition) is 5. The monoisotopic (exact) mass is 248 g/mol. The molecule has 1 aromatic heterocycles. The minimum atomic E-state index is -0.257. The van der Waals surface area contributed by atoms with Gasteiger partial charge in [-0.2, -0.15) is 0 Å². The largest absolute Gasteiger partial charge is 0.504 e. The highest BCUT2D eigenvalue weighted by atomic mass is 16.5. The topological polar surface area (TPSA) is 84.4 Å². The van der Waals surface area contributed by atoms with Crippen LogP contribution in [0.5, 0.6) is 11.5 Å². The third-order valence-electron chi connectivity index (χ3n) is 2.90. The summed E-state index contributed by atoms with van der Waals surface area (Å²) in [7, 11) is 0. The second-order valence-corrected chi connectivity index (χ2v) is 4.17. The number of fused-ring (bicyclic) bond motifs is 1. The van der Waals surface area contributed by atoms with Gasteiger partial charge in [-0.15, -0.1) is 0 Å². The van der Waals surface area contributed by atoms with E-state index < -0.39 is 0 Å². The molecule has 1 aliphatic rings. The van der Waals surface area contributed by atoms with Gasteiger partial charge in [0.15, 0.2) is 11.5 Å². The highest BCUT2D eigenvalue weighted by Crippen LogP contribution is 2.30. The van der Waals surface area contributed by atoms with Gasteiger partial charge in [0.05, 0.1) is 30.4 Å². The maximum Gasteiger partial charge on any atom is 0.258 e. The number of benzene rings is 1. The summed E-state index contributed by atoms with van der Waals surface area (Å²) in [5.74, 6) is 0.268. The molecule has 0 aliphatic carbocycles. The molecule has 6 nitrogen and oxygen atoms in total. The highest BCUT2D eigenvalue weighted by molar-refractivity contribution is 5.81. The van der Waals surface area contributed by atoms with Crippen LogP contribution in [0.4, 0.5) is 0 Å². The Morgan fingerprint density at radius 2 is 2.39 bits per heavy atom. The molecule has 94 valence electrons. The second-order valence-electron chi connectivity index (χ2n) is 4.17. The van der Waals surface area contributed by atoms with E-state index in [2.05, 4.69) is 9.97 Å². The highest BCUT2D eigenvalue weighted by Gasteiger charge is 2.19. The predicted molar refractivity (Wildman–Crippen MR) is 63.9 cm³/mol. The quantitative estimate of drug-likeness (QED) is 0.821. The maximum absolute atomic E-state index is 11.6. The van der Waals surface area contributed by atoms with Crippen LogP contribution in [0.15, 0.2) is 23.3 Å². The Bertz CT molecular complexity index is 632. The Hall–Kier alpha value is -2.08. The van der Waals surface area contributed by atoms with Crippen molar-refractivity contribution >= 4 is 10.9 Å². The van der Waals surface area contributed by atoms with Crippen molar-refractivity contribution < 1.29 is 14.6 Å². The zero-order chi connectivity index (χ0) is 12.5. The minimum Gasteiger partial charge on any atom is -0.504 e. The molecule has 1 fully saturated rings. The van der Waals surface area contributed by atoms with Crippen LogP contribution < -0.4 is 10.3 Å². The van der Waals surface area contributed by atoms with Crippen LogP contribution in [0.1, 0.15) is 6.42 Å². The van der Waals surface area contributed by atoms with E-state index in [4.69, 9.17) is 9.47 Å². The number of aromatic hydroxyl groups is 1. The molecule has 1 saturated heterocycles. The Balaban J connectivity index is 2.03. The summed E-state index contributed by atoms with van der Waals surface area (Å²) >= 11 is 0. The van der Waals surface area contributed by atoms with Gasteiger partial charge in [0.25, 0.3) is 5.56 Å². The fourth-order valence-corrected chi connectivity index (χ4v) is 1.96. The van der Waals surface area contributed by atoms with E-state index in [9.17, 15) is 9.90 Å². The minimum absolute atomic E-state index is 0.0208. The summed E-state index contributed by atoms with van der Waals surface area (Å²) in [4.78, 5) is 18.1. The number of aromatic amines is 1. The molecule has 1 aliphatic heterocycles. The van der Waals surface area contributed by atoms with Crippen LogP contribution in [-0.4, -0.2) is 34.4 Å². The zero-order valence-electron chi connectivity index (χ0n) is 9.55. The summed E-state index contributed by atoms with van der Waals surface area (Å²) < 4.78 is 10.8. The smallest absolute Gasteiger partial charge is 0.258 e. The molecule has 3 rings (SSSR count).